The third kappa shape index (κ3) is 1.24. The number of oxazole rings is 1. The van der Waals surface area contributed by atoms with Gasteiger partial charge in [0.05, 0.1) is 0 Å². The van der Waals surface area contributed by atoms with Crippen molar-refractivity contribution in [1.82, 2.24) is 4.98 Å². The Kier molecular flexibility index (Phi) is 1.68. The summed E-state index contributed by atoms with van der Waals surface area (Å²) >= 11 is 3.01. The van der Waals surface area contributed by atoms with Gasteiger partial charge in [0.15, 0.2) is 5.69 Å². The molecule has 0 spiro atoms. The zero-order valence-corrected chi connectivity index (χ0v) is 7.67. The highest BCUT2D eigenvalue weighted by Crippen LogP contribution is 2.42. The molecule has 1 aromatic rings. The lowest BCUT2D eigenvalue weighted by Gasteiger charge is -1.90. The predicted octanol–water partition coefficient (Wildman–Crippen LogP) is 2.01. The molecule has 1 fully saturated rings. The van der Waals surface area contributed by atoms with E-state index in [0.29, 0.717) is 5.76 Å². The molecule has 0 aromatic carbocycles. The van der Waals surface area contributed by atoms with E-state index >= 15 is 0 Å². The van der Waals surface area contributed by atoms with Crippen molar-refractivity contribution in [2.45, 2.75) is 18.8 Å². The highest BCUT2D eigenvalue weighted by molar-refractivity contribution is 9.10. The number of hydrogen-bond acceptors (Lipinski definition) is 3. The molecular weight excluding hydrogens is 226 g/mol. The zero-order valence-electron chi connectivity index (χ0n) is 6.08. The Labute approximate surface area is 76.7 Å². The molecule has 2 rings (SSSR count). The summed E-state index contributed by atoms with van der Waals surface area (Å²) < 4.78 is 5.12. The van der Waals surface area contributed by atoms with Gasteiger partial charge in [-0.3, -0.25) is 0 Å². The van der Waals surface area contributed by atoms with Gasteiger partial charge >= 0.3 is 5.97 Å². The van der Waals surface area contributed by atoms with Crippen LogP contribution in [0.15, 0.2) is 9.22 Å². The molecule has 0 atom stereocenters. The molecule has 1 aromatic heterocycles. The standard InChI is InChI=1S/C7H6BrNO3/c8-7-9-4(6(10)11)5(12-7)3-1-2-3/h3H,1-2H2,(H,10,11). The molecule has 0 amide bonds. The molecule has 0 aliphatic heterocycles. The number of rotatable bonds is 2. The lowest BCUT2D eigenvalue weighted by Crippen LogP contribution is -1.99. The molecule has 64 valence electrons. The van der Waals surface area contributed by atoms with E-state index < -0.39 is 5.97 Å². The maximum Gasteiger partial charge on any atom is 0.358 e. The van der Waals surface area contributed by atoms with Gasteiger partial charge in [-0.05, 0) is 12.8 Å². The van der Waals surface area contributed by atoms with Gasteiger partial charge in [-0.1, -0.05) is 0 Å². The SMILES string of the molecule is O=C(O)c1nc(Br)oc1C1CC1. The van der Waals surface area contributed by atoms with Crippen molar-refractivity contribution >= 4 is 21.9 Å². The Morgan fingerprint density at radius 3 is 2.83 bits per heavy atom. The predicted molar refractivity (Wildman–Crippen MR) is 43.1 cm³/mol. The molecule has 1 heterocycles. The van der Waals surface area contributed by atoms with Crippen LogP contribution in [0.2, 0.25) is 0 Å². The highest BCUT2D eigenvalue weighted by Gasteiger charge is 2.33. The first kappa shape index (κ1) is 7.79. The van der Waals surface area contributed by atoms with E-state index in [0.717, 1.165) is 12.8 Å². The second kappa shape index (κ2) is 2.58. The smallest absolute Gasteiger partial charge is 0.358 e. The maximum atomic E-state index is 10.6. The van der Waals surface area contributed by atoms with E-state index in [4.69, 9.17) is 9.52 Å². The van der Waals surface area contributed by atoms with Crippen LogP contribution in [0, 0.1) is 0 Å². The van der Waals surface area contributed by atoms with Gasteiger partial charge in [0.2, 0.25) is 0 Å². The Bertz CT molecular complexity index is 329. The Balaban J connectivity index is 2.43. The van der Waals surface area contributed by atoms with Crippen LogP contribution in [0.1, 0.15) is 35.0 Å². The first-order valence-corrected chi connectivity index (χ1v) is 4.37. The molecule has 1 aliphatic rings. The zero-order chi connectivity index (χ0) is 8.72. The highest BCUT2D eigenvalue weighted by atomic mass is 79.9. The van der Waals surface area contributed by atoms with Crippen LogP contribution in [0.25, 0.3) is 0 Å². The van der Waals surface area contributed by atoms with Gasteiger partial charge < -0.3 is 9.52 Å². The lowest BCUT2D eigenvalue weighted by molar-refractivity contribution is 0.0688. The minimum absolute atomic E-state index is 0.0457. The van der Waals surface area contributed by atoms with E-state index in [2.05, 4.69) is 20.9 Å². The average Bonchev–Trinajstić information content (AvgIpc) is 2.75. The van der Waals surface area contributed by atoms with Crippen molar-refractivity contribution in [3.05, 3.63) is 16.3 Å². The quantitative estimate of drug-likeness (QED) is 0.846. The van der Waals surface area contributed by atoms with Crippen LogP contribution in [0.4, 0.5) is 0 Å². The average molecular weight is 232 g/mol. The van der Waals surface area contributed by atoms with Gasteiger partial charge in [0.25, 0.3) is 4.80 Å². The van der Waals surface area contributed by atoms with E-state index in [1.165, 1.54) is 0 Å². The molecule has 1 N–H and O–H groups in total. The van der Waals surface area contributed by atoms with E-state index in [-0.39, 0.29) is 16.4 Å². The topological polar surface area (TPSA) is 63.3 Å². The molecule has 0 radical (unpaired) electrons. The molecule has 0 bridgehead atoms. The minimum atomic E-state index is -1.02. The van der Waals surface area contributed by atoms with Crippen LogP contribution in [0.5, 0.6) is 0 Å². The van der Waals surface area contributed by atoms with Crippen molar-refractivity contribution in [3.8, 4) is 0 Å². The van der Waals surface area contributed by atoms with E-state index in [1.807, 2.05) is 0 Å². The lowest BCUT2D eigenvalue weighted by atomic mass is 10.2. The Morgan fingerprint density at radius 2 is 2.33 bits per heavy atom. The van der Waals surface area contributed by atoms with Gasteiger partial charge in [-0.15, -0.1) is 0 Å². The fraction of sp³-hybridized carbons (Fsp3) is 0.429. The summed E-state index contributed by atoms with van der Waals surface area (Å²) in [5.41, 5.74) is 0.0457. The molecule has 1 aliphatic carbocycles. The summed E-state index contributed by atoms with van der Waals surface area (Å²) in [5.74, 6) is -0.240. The number of carboxylic acid groups (broad SMARTS) is 1. The van der Waals surface area contributed by atoms with Crippen molar-refractivity contribution in [3.63, 3.8) is 0 Å². The fourth-order valence-electron chi connectivity index (χ4n) is 1.08. The molecule has 0 saturated heterocycles. The van der Waals surface area contributed by atoms with Crippen LogP contribution < -0.4 is 0 Å². The van der Waals surface area contributed by atoms with Gasteiger partial charge in [-0.2, -0.15) is 4.98 Å². The van der Waals surface area contributed by atoms with Crippen molar-refractivity contribution in [2.75, 3.05) is 0 Å². The first-order valence-electron chi connectivity index (χ1n) is 3.58. The van der Waals surface area contributed by atoms with E-state index in [1.54, 1.807) is 0 Å². The van der Waals surface area contributed by atoms with Crippen molar-refractivity contribution in [1.29, 1.82) is 0 Å². The van der Waals surface area contributed by atoms with Crippen LogP contribution in [-0.4, -0.2) is 16.1 Å². The molecule has 0 unspecified atom stereocenters. The number of carboxylic acids is 1. The number of aromatic carboxylic acids is 1. The van der Waals surface area contributed by atoms with E-state index in [9.17, 15) is 4.79 Å². The molecule has 4 nitrogen and oxygen atoms in total. The minimum Gasteiger partial charge on any atom is -0.476 e. The summed E-state index contributed by atoms with van der Waals surface area (Å²) in [6.45, 7) is 0. The number of carbonyl (C=O) groups is 1. The van der Waals surface area contributed by atoms with Crippen LogP contribution in [-0.2, 0) is 0 Å². The third-order valence-corrected chi connectivity index (χ3v) is 2.12. The van der Waals surface area contributed by atoms with Gasteiger partial charge in [0, 0.05) is 21.8 Å². The summed E-state index contributed by atoms with van der Waals surface area (Å²) in [6.07, 6.45) is 2.00. The third-order valence-electron chi connectivity index (χ3n) is 1.78. The molecule has 1 saturated carbocycles. The maximum absolute atomic E-state index is 10.6. The normalized spacial score (nSPS) is 16.4. The number of halogens is 1. The Hall–Kier alpha value is -0.840. The number of hydrogen-bond donors (Lipinski definition) is 1. The Morgan fingerprint density at radius 1 is 1.67 bits per heavy atom. The monoisotopic (exact) mass is 231 g/mol. The molecular formula is C7H6BrNO3. The van der Waals surface area contributed by atoms with Crippen LogP contribution in [0.3, 0.4) is 0 Å². The summed E-state index contributed by atoms with van der Waals surface area (Å²) in [5, 5.41) is 8.71. The summed E-state index contributed by atoms with van der Waals surface area (Å²) in [6, 6.07) is 0. The number of aromatic nitrogens is 1. The van der Waals surface area contributed by atoms with Crippen LogP contribution >= 0.6 is 15.9 Å². The van der Waals surface area contributed by atoms with Crippen molar-refractivity contribution in [2.24, 2.45) is 0 Å². The summed E-state index contributed by atoms with van der Waals surface area (Å²) in [4.78, 5) is 14.6. The van der Waals surface area contributed by atoms with Gasteiger partial charge in [0.1, 0.15) is 5.76 Å². The second-order valence-electron chi connectivity index (χ2n) is 2.76. The first-order chi connectivity index (χ1) is 5.68. The van der Waals surface area contributed by atoms with Crippen molar-refractivity contribution < 1.29 is 14.3 Å². The van der Waals surface area contributed by atoms with Gasteiger partial charge in [-0.25, -0.2) is 4.79 Å². The fourth-order valence-corrected chi connectivity index (χ4v) is 1.43. The number of nitrogens with zero attached hydrogens (tertiary/aromatic N) is 1. The molecule has 5 heteroatoms. The summed E-state index contributed by atoms with van der Waals surface area (Å²) in [7, 11) is 0. The second-order valence-corrected chi connectivity index (χ2v) is 3.44. The molecule has 12 heavy (non-hydrogen) atoms. The largest absolute Gasteiger partial charge is 0.476 e.